The average Bonchev–Trinajstić information content (AvgIpc) is 3.19. The summed E-state index contributed by atoms with van der Waals surface area (Å²) in [5, 5.41) is 0.0788. The summed E-state index contributed by atoms with van der Waals surface area (Å²) in [6.07, 6.45) is -2.19. The lowest BCUT2D eigenvalue weighted by molar-refractivity contribution is -0.116. The van der Waals surface area contributed by atoms with Gasteiger partial charge in [0.1, 0.15) is 6.29 Å². The van der Waals surface area contributed by atoms with Crippen LogP contribution in [-0.2, 0) is 39.8 Å². The number of sulfonamides is 1. The quantitative estimate of drug-likeness (QED) is 0.247. The third kappa shape index (κ3) is 7.37. The number of amides is 1. The number of ether oxygens (including phenoxy) is 2. The van der Waals surface area contributed by atoms with Crippen molar-refractivity contribution in [3.05, 3.63) is 52.0 Å². The Morgan fingerprint density at radius 3 is 2.41 bits per heavy atom. The normalized spacial score (nSPS) is 14.7. The number of benzene rings is 2. The van der Waals surface area contributed by atoms with Crippen LogP contribution in [0.1, 0.15) is 26.3 Å². The molecule has 1 heterocycles. The van der Waals surface area contributed by atoms with Crippen LogP contribution < -0.4 is 9.21 Å². The van der Waals surface area contributed by atoms with Crippen LogP contribution in [0.5, 0.6) is 0 Å². The van der Waals surface area contributed by atoms with Crippen molar-refractivity contribution in [3.8, 4) is 0 Å². The minimum atomic E-state index is -4.71. The summed E-state index contributed by atoms with van der Waals surface area (Å²) in [6.45, 7) is 4.04. The van der Waals surface area contributed by atoms with Crippen molar-refractivity contribution in [2.45, 2.75) is 38.2 Å². The van der Waals surface area contributed by atoms with E-state index in [9.17, 15) is 27.5 Å². The third-order valence-electron chi connectivity index (χ3n) is 5.12. The number of hydrogen-bond donors (Lipinski definition) is 1. The van der Waals surface area contributed by atoms with Crippen molar-refractivity contribution in [3.63, 3.8) is 0 Å². The van der Waals surface area contributed by atoms with Gasteiger partial charge in [0.25, 0.3) is 10.0 Å². The SMILES string of the molecule is CC(=O)N1CCc2cc(N(CP(=O)(O)OCOC(=O)OC(C)C)S(=O)(=O)c3cc(Cl)cc(Cl)c3)ccc21. The molecule has 2 aromatic rings. The molecule has 0 aliphatic carbocycles. The van der Waals surface area contributed by atoms with E-state index in [4.69, 9.17) is 32.5 Å². The van der Waals surface area contributed by atoms with Gasteiger partial charge in [-0.1, -0.05) is 23.2 Å². The minimum Gasteiger partial charge on any atom is -0.432 e. The smallest absolute Gasteiger partial charge is 0.432 e. The zero-order chi connectivity index (χ0) is 27.5. The Morgan fingerprint density at radius 2 is 1.81 bits per heavy atom. The Hall–Kier alpha value is -2.34. The second-order valence-electron chi connectivity index (χ2n) is 8.28. The fourth-order valence-electron chi connectivity index (χ4n) is 3.56. The summed E-state index contributed by atoms with van der Waals surface area (Å²) in [6, 6.07) is 8.11. The molecule has 1 amide bonds. The Bertz CT molecular complexity index is 1330. The average molecular weight is 595 g/mol. The monoisotopic (exact) mass is 594 g/mol. The molecule has 0 spiro atoms. The lowest BCUT2D eigenvalue weighted by Crippen LogP contribution is -2.32. The molecule has 1 N–H and O–H groups in total. The van der Waals surface area contributed by atoms with Crippen molar-refractivity contribution in [1.29, 1.82) is 0 Å². The van der Waals surface area contributed by atoms with Crippen molar-refractivity contribution in [2.24, 2.45) is 0 Å². The number of hydrogen-bond acceptors (Lipinski definition) is 8. The molecule has 37 heavy (non-hydrogen) atoms. The van der Waals surface area contributed by atoms with Crippen LogP contribution in [0, 0.1) is 0 Å². The summed E-state index contributed by atoms with van der Waals surface area (Å²) in [4.78, 5) is 35.1. The number of fused-ring (bicyclic) bond motifs is 1. The lowest BCUT2D eigenvalue weighted by atomic mass is 10.1. The number of halogens is 2. The van der Waals surface area contributed by atoms with E-state index >= 15 is 0 Å². The van der Waals surface area contributed by atoms with Gasteiger partial charge in [0.2, 0.25) is 12.7 Å². The number of carbonyl (C=O) groups is 2. The maximum atomic E-state index is 13.6. The second kappa shape index (κ2) is 11.6. The van der Waals surface area contributed by atoms with Crippen molar-refractivity contribution < 1.29 is 41.5 Å². The first-order valence-corrected chi connectivity index (χ1v) is 14.8. The van der Waals surface area contributed by atoms with Gasteiger partial charge in [0.05, 0.1) is 16.7 Å². The van der Waals surface area contributed by atoms with Gasteiger partial charge in [-0.15, -0.1) is 0 Å². The molecule has 1 aliphatic heterocycles. The molecule has 2 aromatic carbocycles. The Labute approximate surface area is 224 Å². The first kappa shape index (κ1) is 29.2. The molecule has 0 saturated heterocycles. The first-order valence-electron chi connectivity index (χ1n) is 10.9. The van der Waals surface area contributed by atoms with Crippen LogP contribution in [0.3, 0.4) is 0 Å². The molecule has 0 saturated carbocycles. The fraction of sp³-hybridized carbons (Fsp3) is 0.364. The fourth-order valence-corrected chi connectivity index (χ4v) is 7.24. The van der Waals surface area contributed by atoms with E-state index in [2.05, 4.69) is 4.74 Å². The zero-order valence-electron chi connectivity index (χ0n) is 20.1. The van der Waals surface area contributed by atoms with Gasteiger partial charge in [-0.25, -0.2) is 13.2 Å². The molecule has 15 heteroatoms. The van der Waals surface area contributed by atoms with Crippen LogP contribution in [0.15, 0.2) is 41.3 Å². The van der Waals surface area contributed by atoms with Crippen LogP contribution in [0.2, 0.25) is 10.0 Å². The van der Waals surface area contributed by atoms with E-state index in [-0.39, 0.29) is 26.5 Å². The summed E-state index contributed by atoms with van der Waals surface area (Å²) >= 11 is 12.0. The van der Waals surface area contributed by atoms with E-state index in [1.165, 1.54) is 25.1 Å². The van der Waals surface area contributed by atoms with Gasteiger partial charge >= 0.3 is 13.8 Å². The van der Waals surface area contributed by atoms with Gasteiger partial charge in [-0.05, 0) is 62.2 Å². The maximum Gasteiger partial charge on any atom is 0.510 e. The lowest BCUT2D eigenvalue weighted by Gasteiger charge is -2.27. The van der Waals surface area contributed by atoms with Crippen LogP contribution in [-0.4, -0.2) is 51.1 Å². The van der Waals surface area contributed by atoms with Crippen molar-refractivity contribution >= 4 is 64.3 Å². The Morgan fingerprint density at radius 1 is 1.16 bits per heavy atom. The Balaban J connectivity index is 1.96. The van der Waals surface area contributed by atoms with Gasteiger partial charge in [0.15, 0.2) is 0 Å². The van der Waals surface area contributed by atoms with Crippen molar-refractivity contribution in [1.82, 2.24) is 0 Å². The van der Waals surface area contributed by atoms with Gasteiger partial charge in [-0.2, -0.15) is 0 Å². The molecule has 0 aromatic heterocycles. The number of carbonyl (C=O) groups excluding carboxylic acids is 2. The molecular formula is C22H25Cl2N2O9PS. The zero-order valence-corrected chi connectivity index (χ0v) is 23.3. The van der Waals surface area contributed by atoms with E-state index in [1.807, 2.05) is 0 Å². The van der Waals surface area contributed by atoms with Crippen molar-refractivity contribution in [2.75, 3.05) is 28.8 Å². The maximum absolute atomic E-state index is 13.6. The molecule has 0 fully saturated rings. The number of rotatable bonds is 9. The molecule has 3 rings (SSSR count). The number of nitrogens with zero attached hydrogens (tertiary/aromatic N) is 2. The van der Waals surface area contributed by atoms with E-state index in [1.54, 1.807) is 24.8 Å². The van der Waals surface area contributed by atoms with Gasteiger partial charge < -0.3 is 19.3 Å². The third-order valence-corrected chi connectivity index (χ3v) is 8.65. The highest BCUT2D eigenvalue weighted by molar-refractivity contribution is 7.93. The van der Waals surface area contributed by atoms with Gasteiger partial charge in [0, 0.05) is 29.2 Å². The van der Waals surface area contributed by atoms with Crippen LogP contribution >= 0.6 is 30.8 Å². The van der Waals surface area contributed by atoms with E-state index in [0.29, 0.717) is 28.5 Å². The molecule has 0 radical (unpaired) electrons. The van der Waals surface area contributed by atoms with Gasteiger partial charge in [-0.3, -0.25) is 18.2 Å². The Kier molecular flexibility index (Phi) is 9.15. The molecule has 0 bridgehead atoms. The standard InChI is InChI=1S/C22H25Cl2N2O9PS/c1-14(2)35-22(28)33-13-34-36(29,30)12-26(37(31,32)20-10-17(23)9-18(24)11-20)19-4-5-21-16(8-19)6-7-25(21)15(3)27/h4-5,8-11,14H,6-7,12-13H2,1-3H3,(H,29,30). The summed E-state index contributed by atoms with van der Waals surface area (Å²) in [7, 11) is -9.21. The minimum absolute atomic E-state index is 0.0394. The van der Waals surface area contributed by atoms with Crippen LogP contribution in [0.25, 0.3) is 0 Å². The van der Waals surface area contributed by atoms with E-state index in [0.717, 1.165) is 12.1 Å². The van der Waals surface area contributed by atoms with Crippen LogP contribution in [0.4, 0.5) is 16.2 Å². The predicted octanol–water partition coefficient (Wildman–Crippen LogP) is 4.78. The highest BCUT2D eigenvalue weighted by Gasteiger charge is 2.35. The molecular weight excluding hydrogens is 570 g/mol. The molecule has 1 aliphatic rings. The first-order chi connectivity index (χ1) is 17.2. The largest absolute Gasteiger partial charge is 0.510 e. The summed E-state index contributed by atoms with van der Waals surface area (Å²) in [5.74, 6) is -0.172. The predicted molar refractivity (Wildman–Crippen MR) is 138 cm³/mol. The topological polar surface area (TPSA) is 140 Å². The summed E-state index contributed by atoms with van der Waals surface area (Å²) in [5.41, 5.74) is 1.32. The molecule has 11 nitrogen and oxygen atoms in total. The molecule has 1 unspecified atom stereocenters. The van der Waals surface area contributed by atoms with E-state index < -0.39 is 43.0 Å². The molecule has 202 valence electrons. The highest BCUT2D eigenvalue weighted by atomic mass is 35.5. The molecule has 1 atom stereocenters. The highest BCUT2D eigenvalue weighted by Crippen LogP contribution is 2.46. The second-order valence-corrected chi connectivity index (χ2v) is 12.8. The number of anilines is 2. The summed E-state index contributed by atoms with van der Waals surface area (Å²) < 4.78 is 55.0.